The minimum Gasteiger partial charge on any atom is -0.497 e. The van der Waals surface area contributed by atoms with Crippen molar-refractivity contribution in [3.05, 3.63) is 367 Å². The summed E-state index contributed by atoms with van der Waals surface area (Å²) in [5.41, 5.74) is 24.3. The maximum atomic E-state index is 11.6. The van der Waals surface area contributed by atoms with Gasteiger partial charge < -0.3 is 53.7 Å². The number of nitrogens with one attached hydrogen (secondary N) is 1. The Hall–Kier alpha value is -13.8. The van der Waals surface area contributed by atoms with Crippen molar-refractivity contribution in [1.82, 2.24) is 0 Å². The fraction of sp³-hybridized carbons (Fsp3) is 0.400. The molecule has 0 atom stereocenters. The Labute approximate surface area is 868 Å². The van der Waals surface area contributed by atoms with Gasteiger partial charge in [-0.05, 0) is 256 Å². The molecule has 0 bridgehead atoms. The molecule has 0 saturated carbocycles. The third-order valence-corrected chi connectivity index (χ3v) is 22.3. The first-order valence-corrected chi connectivity index (χ1v) is 50.4. The van der Waals surface area contributed by atoms with E-state index < -0.39 is 0 Å². The molecule has 0 unspecified atom stereocenters. The molecule has 11 aromatic carbocycles. The van der Waals surface area contributed by atoms with Gasteiger partial charge in [-0.2, -0.15) is 0 Å². The molecule has 0 aliphatic heterocycles. The van der Waals surface area contributed by atoms with Crippen LogP contribution in [0, 0.1) is 0 Å². The van der Waals surface area contributed by atoms with Crippen LogP contribution in [0.5, 0.6) is 17.2 Å². The Morgan fingerprint density at radius 2 is 0.586 bits per heavy atom. The zero-order valence-electron chi connectivity index (χ0n) is 92.6. The molecule has 0 radical (unpaired) electrons. The first-order valence-electron chi connectivity index (χ1n) is 50.4. The number of hydrogen-bond donors (Lipinski definition) is 2. The Kier molecular flexibility index (Phi) is 64.6. The van der Waals surface area contributed by atoms with E-state index in [-0.39, 0.29) is 47.6 Å². The van der Waals surface area contributed by atoms with Crippen molar-refractivity contribution in [2.45, 2.75) is 271 Å². The number of anilines is 1. The molecule has 20 heteroatoms. The summed E-state index contributed by atoms with van der Waals surface area (Å²) < 4.78 is 44.8. The normalized spacial score (nSPS) is 10.3. The molecule has 0 heterocycles. The summed E-state index contributed by atoms with van der Waals surface area (Å²) in [6, 6.07) is 82.6. The van der Waals surface area contributed by atoms with E-state index in [0.29, 0.717) is 136 Å². The smallest absolute Gasteiger partial charge is 0.338 e. The molecule has 0 aliphatic rings. The van der Waals surface area contributed by atoms with E-state index in [1.165, 1.54) is 60.1 Å². The van der Waals surface area contributed by atoms with Gasteiger partial charge in [-0.3, -0.25) is 14.4 Å². The zero-order valence-corrected chi connectivity index (χ0v) is 92.6. The van der Waals surface area contributed by atoms with Crippen LogP contribution in [0.3, 0.4) is 0 Å². The fourth-order valence-corrected chi connectivity index (χ4v) is 13.5. The first-order chi connectivity index (χ1) is 68.8. The number of primary amides is 1. The molecule has 11 aromatic rings. The number of nitrogens with two attached hydrogens (primary N) is 1. The van der Waals surface area contributed by atoms with Crippen molar-refractivity contribution in [3.63, 3.8) is 0 Å². The van der Waals surface area contributed by atoms with E-state index in [2.05, 4.69) is 178 Å². The number of hydrogen-bond acceptors (Lipinski definition) is 18. The lowest BCUT2D eigenvalue weighted by Gasteiger charge is -2.11. The Balaban J connectivity index is 0.000000799. The number of para-hydroxylation sites is 1. The minimum absolute atomic E-state index is 0.0303. The van der Waals surface area contributed by atoms with E-state index in [9.17, 15) is 43.2 Å². The van der Waals surface area contributed by atoms with Gasteiger partial charge in [-0.15, -0.1) is 0 Å². The Bertz CT molecular complexity index is 5540. The van der Waals surface area contributed by atoms with Gasteiger partial charge in [0.25, 0.3) is 0 Å². The molecule has 0 fully saturated rings. The summed E-state index contributed by atoms with van der Waals surface area (Å²) in [4.78, 5) is 100. The standard InChI is InChI=1S/C14H20O2.C13H18O2.2C12H16O2.C11H15NO.3C11H14O2.C10H13NO.2C10H14O/c1-4-5-10-16-14(15)13-8-6-12(7-9-13)11(2)3;1-4-9-15-13(14)12-7-5-11(6-8-12)10(2)3;1-4-14-12(13)11-7-5-10(6-8-11)9(2)3;1-4-14-12(13)11-8-6-5-7-10(11)9(2)3;1-8(2)10-4-6-11(7-5-10)12-9(3)13;1-8(2)9-4-6-10(7-5-9)11(12)13-3;1-8(2)10-5-4-9(7-12)6-11(10)13-3;1-8(2)9-6-4-5-7-10(9)11(12)13-3;1-7(2)8-5-3-4-6-9(8)10(11)12;1-8(2)9-4-6-10(11-3)7-5-9;1-8(2)9-6-4-5-7-10(9)11-3/h6-9,11H,4-5,10H2,1-3H3;5-8,10H,4,9H2,1-3H3;2*5-9H,4H2,1-3H3;4-8H,1-3H3,(H,12,13);3*4-8H,1-3H3;3-7H,1-2H3,(H2,11,12);2*4-8H,1-3H3. The number of aldehydes is 1. The van der Waals surface area contributed by atoms with E-state index in [1.54, 1.807) is 58.6 Å². The molecule has 0 aromatic heterocycles. The van der Waals surface area contributed by atoms with Gasteiger partial charge >= 0.3 is 35.8 Å². The summed E-state index contributed by atoms with van der Waals surface area (Å²) >= 11 is 0. The SMILES string of the molecule is CC(=O)Nc1ccc(C(C)C)cc1.CC(C)c1ccccc1C(N)=O.CCCCOC(=O)c1ccc(C(C)C)cc1.CCCOC(=O)c1ccc(C(C)C)cc1.CCOC(=O)c1ccc(C(C)C)cc1.CCOC(=O)c1ccccc1C(C)C.COC(=O)c1ccc(C(C)C)cc1.COC(=O)c1ccccc1C(C)C.COc1cc(C=O)ccc1C(C)C.COc1ccc(C(C)C)cc1.COc1ccccc1C(C)C. The van der Waals surface area contributed by atoms with Gasteiger partial charge in [0.1, 0.15) is 23.5 Å². The largest absolute Gasteiger partial charge is 0.497 e. The molecule has 0 aliphatic carbocycles. The van der Waals surface area contributed by atoms with Gasteiger partial charge in [0.2, 0.25) is 11.8 Å². The second-order valence-electron chi connectivity index (χ2n) is 37.3. The molecule has 2 amide bonds. The van der Waals surface area contributed by atoms with Crippen molar-refractivity contribution in [2.24, 2.45) is 5.73 Å². The van der Waals surface area contributed by atoms with Crippen molar-refractivity contribution >= 4 is 59.6 Å². The molecular weight excluding hydrogens is 1820 g/mol. The number of esters is 6. The number of methoxy groups -OCH3 is 5. The average Bonchev–Trinajstić information content (AvgIpc) is 0.837. The van der Waals surface area contributed by atoms with E-state index in [1.807, 2.05) is 240 Å². The highest BCUT2D eigenvalue weighted by Gasteiger charge is 2.18. The first kappa shape index (κ1) is 129. The van der Waals surface area contributed by atoms with Crippen LogP contribution in [0.15, 0.2) is 261 Å². The monoisotopic (exact) mass is 1990 g/mol. The lowest BCUT2D eigenvalue weighted by molar-refractivity contribution is -0.114. The number of ether oxygens (including phenoxy) is 9. The predicted octanol–water partition coefficient (Wildman–Crippen LogP) is 31.3. The average molecular weight is 1990 g/mol. The van der Waals surface area contributed by atoms with Crippen LogP contribution >= 0.6 is 0 Å². The van der Waals surface area contributed by atoms with Crippen molar-refractivity contribution < 1.29 is 85.8 Å². The van der Waals surface area contributed by atoms with Crippen molar-refractivity contribution in [2.75, 3.05) is 67.3 Å². The lowest BCUT2D eigenvalue weighted by Crippen LogP contribution is -2.14. The summed E-state index contributed by atoms with van der Waals surface area (Å²) in [6.07, 6.45) is 3.65. The van der Waals surface area contributed by atoms with Crippen molar-refractivity contribution in [1.29, 1.82) is 0 Å². The minimum atomic E-state index is -0.348. The van der Waals surface area contributed by atoms with Gasteiger partial charge in [-0.1, -0.05) is 330 Å². The van der Waals surface area contributed by atoms with Crippen LogP contribution in [0.2, 0.25) is 0 Å². The molecule has 0 saturated heterocycles. The summed E-state index contributed by atoms with van der Waals surface area (Å²) in [5, 5.41) is 2.73. The molecule has 11 rings (SSSR count). The number of rotatable bonds is 30. The van der Waals surface area contributed by atoms with Crippen LogP contribution < -0.4 is 25.3 Å². The van der Waals surface area contributed by atoms with Crippen LogP contribution in [0.4, 0.5) is 5.69 Å². The third-order valence-electron chi connectivity index (χ3n) is 22.3. The third kappa shape index (κ3) is 50.4. The number of benzene rings is 11. The quantitative estimate of drug-likeness (QED) is 0.0183. The van der Waals surface area contributed by atoms with Gasteiger partial charge in [0.05, 0.1) is 95.4 Å². The number of carbonyl (C=O) groups is 9. The van der Waals surface area contributed by atoms with E-state index in [0.717, 1.165) is 70.7 Å². The highest BCUT2D eigenvalue weighted by molar-refractivity contribution is 5.95. The molecule has 20 nitrogen and oxygen atoms in total. The molecule has 3 N–H and O–H groups in total. The number of unbranched alkanes of at least 4 members (excludes halogenated alkanes) is 1. The summed E-state index contributed by atoms with van der Waals surface area (Å²) in [6.45, 7) is 57.6. The van der Waals surface area contributed by atoms with E-state index >= 15 is 0 Å². The molecule has 0 spiro atoms. The van der Waals surface area contributed by atoms with Crippen LogP contribution in [0.25, 0.3) is 0 Å². The Morgan fingerprint density at radius 3 is 0.883 bits per heavy atom. The summed E-state index contributed by atoms with van der Waals surface area (Å²) in [5.74, 6) is 5.94. The topological polar surface area (TPSA) is 275 Å². The summed E-state index contributed by atoms with van der Waals surface area (Å²) in [7, 11) is 7.81. The molecule has 145 heavy (non-hydrogen) atoms. The van der Waals surface area contributed by atoms with E-state index in [4.69, 9.17) is 38.9 Å². The maximum absolute atomic E-state index is 11.6. The van der Waals surface area contributed by atoms with Gasteiger partial charge in [-0.25, -0.2) is 28.8 Å². The van der Waals surface area contributed by atoms with Gasteiger partial charge in [0.15, 0.2) is 0 Å². The maximum Gasteiger partial charge on any atom is 0.338 e. The van der Waals surface area contributed by atoms with Crippen molar-refractivity contribution in [3.8, 4) is 17.2 Å². The molecule has 786 valence electrons. The highest BCUT2D eigenvalue weighted by atomic mass is 16.5. The fourth-order valence-electron chi connectivity index (χ4n) is 13.5. The Morgan fingerprint density at radius 1 is 0.290 bits per heavy atom. The second-order valence-corrected chi connectivity index (χ2v) is 37.3. The lowest BCUT2D eigenvalue weighted by atomic mass is 9.97. The highest BCUT2D eigenvalue weighted by Crippen LogP contribution is 2.30. The molecular formula is C125H168N2O18. The zero-order chi connectivity index (χ0) is 109. The van der Waals surface area contributed by atoms with Gasteiger partial charge in [0, 0.05) is 23.7 Å². The van der Waals surface area contributed by atoms with Crippen LogP contribution in [0.1, 0.15) is 415 Å². The predicted molar refractivity (Wildman–Crippen MR) is 594 cm³/mol. The van der Waals surface area contributed by atoms with Crippen LogP contribution in [-0.4, -0.2) is 116 Å². The second kappa shape index (κ2) is 72.5. The van der Waals surface area contributed by atoms with Crippen LogP contribution in [-0.2, 0) is 33.2 Å². The number of carbonyl (C=O) groups excluding carboxylic acids is 9. The number of amides is 2.